The number of likely N-dealkylation sites (tertiary alicyclic amines) is 1. The molecule has 0 aromatic heterocycles. The number of carbonyl (C=O) groups is 1. The highest BCUT2D eigenvalue weighted by molar-refractivity contribution is 5.96. The molecule has 6 nitrogen and oxygen atoms in total. The van der Waals surface area contributed by atoms with E-state index in [1.165, 1.54) is 12.1 Å². The lowest BCUT2D eigenvalue weighted by molar-refractivity contribution is -0.384. The Morgan fingerprint density at radius 1 is 1.48 bits per heavy atom. The average molecular weight is 291 g/mol. The molecule has 1 heterocycles. The number of piperidine rings is 1. The second-order valence-corrected chi connectivity index (χ2v) is 5.68. The van der Waals surface area contributed by atoms with Crippen LogP contribution in [0.25, 0.3) is 0 Å². The molecule has 6 heteroatoms. The van der Waals surface area contributed by atoms with E-state index in [0.717, 1.165) is 19.3 Å². The SMILES string of the molecule is Cc1cc([N+](=O)[O-])ccc1C(=O)N1CCCCC1C(C)N. The quantitative estimate of drug-likeness (QED) is 0.683. The molecule has 2 atom stereocenters. The number of hydrogen-bond acceptors (Lipinski definition) is 4. The van der Waals surface area contributed by atoms with E-state index in [2.05, 4.69) is 0 Å². The van der Waals surface area contributed by atoms with Crippen molar-refractivity contribution in [1.82, 2.24) is 4.90 Å². The zero-order valence-electron chi connectivity index (χ0n) is 12.4. The molecule has 1 aromatic carbocycles. The van der Waals surface area contributed by atoms with E-state index in [-0.39, 0.29) is 23.7 Å². The fraction of sp³-hybridized carbons (Fsp3) is 0.533. The molecule has 2 rings (SSSR count). The molecule has 0 bridgehead atoms. The first-order valence-corrected chi connectivity index (χ1v) is 7.23. The highest BCUT2D eigenvalue weighted by Crippen LogP contribution is 2.24. The average Bonchev–Trinajstić information content (AvgIpc) is 2.46. The van der Waals surface area contributed by atoms with Crippen LogP contribution in [0.4, 0.5) is 5.69 Å². The summed E-state index contributed by atoms with van der Waals surface area (Å²) in [5.41, 5.74) is 7.15. The van der Waals surface area contributed by atoms with Crippen molar-refractivity contribution in [3.63, 3.8) is 0 Å². The van der Waals surface area contributed by atoms with Gasteiger partial charge in [-0.05, 0) is 44.7 Å². The Morgan fingerprint density at radius 2 is 2.19 bits per heavy atom. The van der Waals surface area contributed by atoms with Gasteiger partial charge in [-0.1, -0.05) is 0 Å². The van der Waals surface area contributed by atoms with Crippen LogP contribution in [0.1, 0.15) is 42.1 Å². The Hall–Kier alpha value is -1.95. The van der Waals surface area contributed by atoms with Gasteiger partial charge in [0.2, 0.25) is 0 Å². The molecule has 2 unspecified atom stereocenters. The predicted octanol–water partition coefficient (Wildman–Crippen LogP) is 2.25. The molecule has 1 aromatic rings. The number of amides is 1. The molecule has 1 aliphatic heterocycles. The zero-order valence-corrected chi connectivity index (χ0v) is 12.4. The highest BCUT2D eigenvalue weighted by Gasteiger charge is 2.30. The minimum Gasteiger partial charge on any atom is -0.334 e. The van der Waals surface area contributed by atoms with Gasteiger partial charge in [-0.15, -0.1) is 0 Å². The predicted molar refractivity (Wildman–Crippen MR) is 80.2 cm³/mol. The lowest BCUT2D eigenvalue weighted by atomic mass is 9.95. The van der Waals surface area contributed by atoms with Gasteiger partial charge < -0.3 is 10.6 Å². The highest BCUT2D eigenvalue weighted by atomic mass is 16.6. The largest absolute Gasteiger partial charge is 0.334 e. The van der Waals surface area contributed by atoms with E-state index in [0.29, 0.717) is 17.7 Å². The Balaban J connectivity index is 2.28. The fourth-order valence-electron chi connectivity index (χ4n) is 2.91. The molecule has 21 heavy (non-hydrogen) atoms. The number of nitrogens with zero attached hydrogens (tertiary/aromatic N) is 2. The number of benzene rings is 1. The van der Waals surface area contributed by atoms with Gasteiger partial charge in [-0.2, -0.15) is 0 Å². The van der Waals surface area contributed by atoms with E-state index in [4.69, 9.17) is 5.73 Å². The van der Waals surface area contributed by atoms with Crippen molar-refractivity contribution in [1.29, 1.82) is 0 Å². The number of aryl methyl sites for hydroxylation is 1. The third-order valence-electron chi connectivity index (χ3n) is 4.07. The molecule has 2 N–H and O–H groups in total. The number of carbonyl (C=O) groups excluding carboxylic acids is 1. The number of rotatable bonds is 3. The van der Waals surface area contributed by atoms with Gasteiger partial charge in [0.1, 0.15) is 0 Å². The number of nitro benzene ring substituents is 1. The van der Waals surface area contributed by atoms with Gasteiger partial charge in [0.15, 0.2) is 0 Å². The van der Waals surface area contributed by atoms with E-state index in [9.17, 15) is 14.9 Å². The van der Waals surface area contributed by atoms with Crippen LogP contribution in [0.2, 0.25) is 0 Å². The van der Waals surface area contributed by atoms with Gasteiger partial charge in [0.25, 0.3) is 11.6 Å². The van der Waals surface area contributed by atoms with Gasteiger partial charge in [-0.25, -0.2) is 0 Å². The van der Waals surface area contributed by atoms with Gasteiger partial charge in [0.05, 0.1) is 4.92 Å². The van der Waals surface area contributed by atoms with Crippen LogP contribution in [0.15, 0.2) is 18.2 Å². The molecule has 114 valence electrons. The number of nitrogens with two attached hydrogens (primary N) is 1. The van der Waals surface area contributed by atoms with E-state index in [1.807, 2.05) is 11.8 Å². The van der Waals surface area contributed by atoms with Crippen LogP contribution in [0, 0.1) is 17.0 Å². The first-order chi connectivity index (χ1) is 9.91. The summed E-state index contributed by atoms with van der Waals surface area (Å²) in [7, 11) is 0. The van der Waals surface area contributed by atoms with E-state index >= 15 is 0 Å². The van der Waals surface area contributed by atoms with Crippen molar-refractivity contribution >= 4 is 11.6 Å². The van der Waals surface area contributed by atoms with Crippen molar-refractivity contribution in [3.05, 3.63) is 39.4 Å². The van der Waals surface area contributed by atoms with Crippen LogP contribution in [-0.4, -0.2) is 34.4 Å². The number of non-ortho nitro benzene ring substituents is 1. The van der Waals surface area contributed by atoms with Gasteiger partial charge >= 0.3 is 0 Å². The minimum atomic E-state index is -0.451. The summed E-state index contributed by atoms with van der Waals surface area (Å²) in [5.74, 6) is -0.0793. The van der Waals surface area contributed by atoms with E-state index in [1.54, 1.807) is 13.0 Å². The minimum absolute atomic E-state index is 0.00596. The molecule has 0 radical (unpaired) electrons. The van der Waals surface area contributed by atoms with Crippen molar-refractivity contribution < 1.29 is 9.72 Å². The topological polar surface area (TPSA) is 89.5 Å². The van der Waals surface area contributed by atoms with Crippen LogP contribution in [-0.2, 0) is 0 Å². The van der Waals surface area contributed by atoms with Crippen LogP contribution < -0.4 is 5.73 Å². The summed E-state index contributed by atoms with van der Waals surface area (Å²) in [5, 5.41) is 10.8. The standard InChI is InChI=1S/C15H21N3O3/c1-10-9-12(18(20)21)6-7-13(10)15(19)17-8-4-3-5-14(17)11(2)16/h6-7,9,11,14H,3-5,8,16H2,1-2H3. The molecule has 0 spiro atoms. The molecule has 1 amide bonds. The number of nitro groups is 1. The fourth-order valence-corrected chi connectivity index (χ4v) is 2.91. The lowest BCUT2D eigenvalue weighted by Crippen LogP contribution is -2.51. The van der Waals surface area contributed by atoms with E-state index < -0.39 is 4.92 Å². The Bertz CT molecular complexity index is 557. The molecule has 0 saturated carbocycles. The maximum atomic E-state index is 12.7. The lowest BCUT2D eigenvalue weighted by Gasteiger charge is -2.38. The van der Waals surface area contributed by atoms with Gasteiger partial charge in [0, 0.05) is 36.3 Å². The zero-order chi connectivity index (χ0) is 15.6. The maximum absolute atomic E-state index is 12.7. The van der Waals surface area contributed by atoms with Crippen molar-refractivity contribution in [2.75, 3.05) is 6.54 Å². The molecule has 1 fully saturated rings. The molecule has 1 aliphatic rings. The first-order valence-electron chi connectivity index (χ1n) is 7.23. The van der Waals surface area contributed by atoms with Crippen LogP contribution >= 0.6 is 0 Å². The molecule has 0 aliphatic carbocycles. The monoisotopic (exact) mass is 291 g/mol. The first kappa shape index (κ1) is 15.4. The third kappa shape index (κ3) is 3.21. The van der Waals surface area contributed by atoms with Gasteiger partial charge in [-0.3, -0.25) is 14.9 Å². The summed E-state index contributed by atoms with van der Waals surface area (Å²) in [6.45, 7) is 4.34. The summed E-state index contributed by atoms with van der Waals surface area (Å²) >= 11 is 0. The second kappa shape index (κ2) is 6.22. The Labute approximate surface area is 124 Å². The molecular formula is C15H21N3O3. The molecular weight excluding hydrogens is 270 g/mol. The number of hydrogen-bond donors (Lipinski definition) is 1. The Morgan fingerprint density at radius 3 is 2.76 bits per heavy atom. The summed E-state index contributed by atoms with van der Waals surface area (Å²) in [4.78, 5) is 24.9. The maximum Gasteiger partial charge on any atom is 0.269 e. The summed E-state index contributed by atoms with van der Waals surface area (Å²) in [6, 6.07) is 4.33. The summed E-state index contributed by atoms with van der Waals surface area (Å²) in [6.07, 6.45) is 2.96. The third-order valence-corrected chi connectivity index (χ3v) is 4.07. The van der Waals surface area contributed by atoms with Crippen molar-refractivity contribution in [2.45, 2.75) is 45.2 Å². The summed E-state index contributed by atoms with van der Waals surface area (Å²) < 4.78 is 0. The molecule has 1 saturated heterocycles. The Kier molecular flexibility index (Phi) is 4.57. The normalized spacial score (nSPS) is 20.1. The second-order valence-electron chi connectivity index (χ2n) is 5.68. The van der Waals surface area contributed by atoms with Crippen LogP contribution in [0.5, 0.6) is 0 Å². The smallest absolute Gasteiger partial charge is 0.269 e. The van der Waals surface area contributed by atoms with Crippen molar-refractivity contribution in [2.24, 2.45) is 5.73 Å². The van der Waals surface area contributed by atoms with Crippen LogP contribution in [0.3, 0.4) is 0 Å². The van der Waals surface area contributed by atoms with Crippen molar-refractivity contribution in [3.8, 4) is 0 Å².